The standard InChI is InChI=1S/2C16H10O.C11H12O2.C10H14O2/c2*17-14-9-7-12-5-4-10-2-1-3-11-6-8-13(14)16(12)15(10)11;1-8(12)10-6-9-4-2-3-5-11(9)13-7-10;1-7(11)9-4-3-5-10(6-9)8(2)12/h2*1-9,17H;2-6,8,12H,7H2,1H3;3-8,11-12H,1-2H3. The maximum absolute atomic E-state index is 9.95. The molecule has 0 amide bonds. The van der Waals surface area contributed by atoms with E-state index in [4.69, 9.17) is 4.74 Å². The molecule has 1 heterocycles. The number of hydrogen-bond acceptors (Lipinski definition) is 6. The second-order valence-corrected chi connectivity index (χ2v) is 15.1. The molecule has 3 unspecified atom stereocenters. The topological polar surface area (TPSA) is 110 Å². The molecule has 1 aliphatic heterocycles. The highest BCUT2D eigenvalue weighted by Gasteiger charge is 2.14. The van der Waals surface area contributed by atoms with Gasteiger partial charge in [-0.15, -0.1) is 0 Å². The highest BCUT2D eigenvalue weighted by atomic mass is 16.5. The maximum Gasteiger partial charge on any atom is 0.127 e. The van der Waals surface area contributed by atoms with E-state index >= 15 is 0 Å². The van der Waals surface area contributed by atoms with Crippen molar-refractivity contribution < 1.29 is 30.3 Å². The number of hydrogen-bond donors (Lipinski definition) is 5. The smallest absolute Gasteiger partial charge is 0.127 e. The van der Waals surface area contributed by atoms with Crippen molar-refractivity contribution in [1.82, 2.24) is 0 Å². The van der Waals surface area contributed by atoms with Crippen LogP contribution in [0.5, 0.6) is 17.2 Å². The van der Waals surface area contributed by atoms with Gasteiger partial charge in [-0.25, -0.2) is 0 Å². The van der Waals surface area contributed by atoms with Crippen LogP contribution < -0.4 is 4.74 Å². The summed E-state index contributed by atoms with van der Waals surface area (Å²) < 4.78 is 5.47. The Labute approximate surface area is 342 Å². The summed E-state index contributed by atoms with van der Waals surface area (Å²) in [5, 5.41) is 61.7. The van der Waals surface area contributed by atoms with Crippen LogP contribution in [-0.2, 0) is 0 Å². The van der Waals surface area contributed by atoms with Crippen molar-refractivity contribution >= 4 is 70.7 Å². The lowest BCUT2D eigenvalue weighted by Gasteiger charge is -2.19. The van der Waals surface area contributed by atoms with E-state index in [-0.39, 0.29) is 0 Å². The number of phenolic OH excluding ortho intramolecular Hbond substituents is 2. The molecule has 5 N–H and O–H groups in total. The lowest BCUT2D eigenvalue weighted by atomic mass is 9.94. The van der Waals surface area contributed by atoms with E-state index < -0.39 is 18.3 Å². The van der Waals surface area contributed by atoms with Crippen LogP contribution in [-0.4, -0.2) is 38.2 Å². The van der Waals surface area contributed by atoms with E-state index in [1.165, 1.54) is 53.9 Å². The van der Waals surface area contributed by atoms with Crippen molar-refractivity contribution in [1.29, 1.82) is 0 Å². The third-order valence-corrected chi connectivity index (χ3v) is 11.1. The third-order valence-electron chi connectivity index (χ3n) is 11.1. The normalized spacial score (nSPS) is 13.7. The van der Waals surface area contributed by atoms with Crippen molar-refractivity contribution in [2.24, 2.45) is 0 Å². The Morgan fingerprint density at radius 3 is 1.29 bits per heavy atom. The van der Waals surface area contributed by atoms with Gasteiger partial charge in [0.1, 0.15) is 23.9 Å². The highest BCUT2D eigenvalue weighted by molar-refractivity contribution is 6.25. The zero-order valence-corrected chi connectivity index (χ0v) is 33.2. The van der Waals surface area contributed by atoms with Gasteiger partial charge in [0.2, 0.25) is 0 Å². The van der Waals surface area contributed by atoms with E-state index in [0.717, 1.165) is 38.8 Å². The summed E-state index contributed by atoms with van der Waals surface area (Å²) in [6.07, 6.45) is 0.629. The van der Waals surface area contributed by atoms with Gasteiger partial charge < -0.3 is 30.3 Å². The van der Waals surface area contributed by atoms with Crippen molar-refractivity contribution in [3.05, 3.63) is 180 Å². The molecule has 6 heteroatoms. The third kappa shape index (κ3) is 7.94. The van der Waals surface area contributed by atoms with Crippen LogP contribution in [0.15, 0.2) is 163 Å². The number of rotatable bonds is 3. The largest absolute Gasteiger partial charge is 0.507 e. The molecule has 0 saturated heterocycles. The van der Waals surface area contributed by atoms with Crippen LogP contribution in [0.3, 0.4) is 0 Å². The molecule has 11 rings (SSSR count). The Morgan fingerprint density at radius 1 is 0.424 bits per heavy atom. The maximum atomic E-state index is 9.95. The van der Waals surface area contributed by atoms with Gasteiger partial charge in [-0.1, -0.05) is 140 Å². The first-order valence-corrected chi connectivity index (χ1v) is 19.8. The Morgan fingerprint density at radius 2 is 0.831 bits per heavy atom. The van der Waals surface area contributed by atoms with E-state index in [1.807, 2.05) is 78.9 Å². The van der Waals surface area contributed by atoms with Gasteiger partial charge >= 0.3 is 0 Å². The molecule has 1 aliphatic rings. The average Bonchev–Trinajstić information content (AvgIpc) is 3.26. The minimum Gasteiger partial charge on any atom is -0.507 e. The summed E-state index contributed by atoms with van der Waals surface area (Å²) in [6.45, 7) is 5.67. The highest BCUT2D eigenvalue weighted by Crippen LogP contribution is 2.39. The molecule has 0 radical (unpaired) electrons. The Balaban J connectivity index is 0.000000111. The van der Waals surface area contributed by atoms with Crippen LogP contribution in [0.1, 0.15) is 49.7 Å². The number of aliphatic hydroxyl groups is 3. The fourth-order valence-corrected chi connectivity index (χ4v) is 7.89. The lowest BCUT2D eigenvalue weighted by molar-refractivity contribution is 0.192. The molecule has 0 aromatic heterocycles. The van der Waals surface area contributed by atoms with Gasteiger partial charge in [0, 0.05) is 27.1 Å². The monoisotopic (exact) mass is 778 g/mol. The summed E-state index contributed by atoms with van der Waals surface area (Å²) >= 11 is 0. The molecule has 0 aliphatic carbocycles. The lowest BCUT2D eigenvalue weighted by Crippen LogP contribution is -2.16. The molecule has 0 spiro atoms. The van der Waals surface area contributed by atoms with Gasteiger partial charge in [0.25, 0.3) is 0 Å². The summed E-state index contributed by atoms with van der Waals surface area (Å²) in [4.78, 5) is 0. The van der Waals surface area contributed by atoms with Crippen molar-refractivity contribution in [3.8, 4) is 17.2 Å². The molecule has 3 atom stereocenters. The number of fused-ring (bicyclic) bond motifs is 1. The number of aliphatic hydroxyl groups excluding tert-OH is 3. The summed E-state index contributed by atoms with van der Waals surface area (Å²) in [7, 11) is 0. The van der Waals surface area contributed by atoms with Crippen LogP contribution in [0.4, 0.5) is 0 Å². The number of ether oxygens (including phenoxy) is 1. The summed E-state index contributed by atoms with van der Waals surface area (Å²) in [5.74, 6) is 1.61. The van der Waals surface area contributed by atoms with Gasteiger partial charge in [-0.05, 0) is 105 Å². The summed E-state index contributed by atoms with van der Waals surface area (Å²) in [6, 6.07) is 51.9. The number of phenols is 2. The molecule has 0 bridgehead atoms. The minimum atomic E-state index is -0.469. The Bertz CT molecular complexity index is 2870. The van der Waals surface area contributed by atoms with E-state index in [1.54, 1.807) is 32.9 Å². The first kappa shape index (κ1) is 39.1. The van der Waals surface area contributed by atoms with E-state index in [0.29, 0.717) is 18.1 Å². The van der Waals surface area contributed by atoms with Crippen LogP contribution in [0, 0.1) is 0 Å². The molecule has 0 fully saturated rings. The molecule has 10 aromatic rings. The number of benzene rings is 10. The predicted molar refractivity (Wildman–Crippen MR) is 243 cm³/mol. The van der Waals surface area contributed by atoms with E-state index in [9.17, 15) is 25.5 Å². The SMILES string of the molecule is CC(O)C1=Cc2ccccc2OC1.CC(O)c1cccc(C(C)O)c1.Oc1ccc2ccc3cccc4ccc1c2c34.Oc1ccc2ccc3cccc4ccc1c2c34. The van der Waals surface area contributed by atoms with E-state index in [2.05, 4.69) is 72.8 Å². The first-order chi connectivity index (χ1) is 28.6. The summed E-state index contributed by atoms with van der Waals surface area (Å²) in [5.41, 5.74) is 3.66. The van der Waals surface area contributed by atoms with Gasteiger partial charge in [0.05, 0.1) is 18.3 Å². The van der Waals surface area contributed by atoms with Crippen molar-refractivity contribution in [2.45, 2.75) is 39.1 Å². The molecule has 6 nitrogen and oxygen atoms in total. The molecule has 10 aromatic carbocycles. The number of aromatic hydroxyl groups is 2. The quantitative estimate of drug-likeness (QED) is 0.114. The molecular formula is C53H46O6. The molecule has 0 saturated carbocycles. The van der Waals surface area contributed by atoms with Crippen LogP contribution >= 0.6 is 0 Å². The number of para-hydroxylation sites is 1. The first-order valence-electron chi connectivity index (χ1n) is 19.8. The molecular weight excluding hydrogens is 733 g/mol. The second kappa shape index (κ2) is 16.6. The minimum absolute atomic E-state index is 0.357. The zero-order chi connectivity index (χ0) is 41.2. The Kier molecular flexibility index (Phi) is 11.0. The van der Waals surface area contributed by atoms with Crippen LogP contribution in [0.2, 0.25) is 0 Å². The Hall–Kier alpha value is -6.70. The fraction of sp³-hybridized carbons (Fsp3) is 0.132. The molecule has 59 heavy (non-hydrogen) atoms. The van der Waals surface area contributed by atoms with Crippen molar-refractivity contribution in [3.63, 3.8) is 0 Å². The average molecular weight is 779 g/mol. The van der Waals surface area contributed by atoms with Gasteiger partial charge in [0.15, 0.2) is 0 Å². The zero-order valence-electron chi connectivity index (χ0n) is 33.2. The van der Waals surface area contributed by atoms with Gasteiger partial charge in [-0.3, -0.25) is 0 Å². The van der Waals surface area contributed by atoms with Gasteiger partial charge in [-0.2, -0.15) is 0 Å². The van der Waals surface area contributed by atoms with Crippen molar-refractivity contribution in [2.75, 3.05) is 6.61 Å². The predicted octanol–water partition coefficient (Wildman–Crippen LogP) is 12.2. The second-order valence-electron chi connectivity index (χ2n) is 15.1. The van der Waals surface area contributed by atoms with Crippen LogP contribution in [0.25, 0.3) is 70.7 Å². The fourth-order valence-electron chi connectivity index (χ4n) is 7.89. The molecule has 294 valence electrons.